The maximum absolute atomic E-state index is 13.6. The molecule has 198 valence electrons. The van der Waals surface area contributed by atoms with E-state index in [1.807, 2.05) is 13.8 Å². The van der Waals surface area contributed by atoms with Crippen LogP contribution in [-0.2, 0) is 15.8 Å². The third-order valence-corrected chi connectivity index (χ3v) is 7.59. The van der Waals surface area contributed by atoms with E-state index in [0.29, 0.717) is 28.3 Å². The van der Waals surface area contributed by atoms with Gasteiger partial charge in [0.25, 0.3) is 0 Å². The SMILES string of the molecule is CC1(C)CC(=O)C2=C(C1)NC(SCC(=O)Nc1cc(C(F)(F)F)ccc1Cl)=C(C#N)[C@H]2c1ccc(F)cc1. The van der Waals surface area contributed by atoms with E-state index in [9.17, 15) is 32.4 Å². The summed E-state index contributed by atoms with van der Waals surface area (Å²) in [6.07, 6.45) is -3.81. The molecule has 2 aromatic carbocycles. The number of benzene rings is 2. The second-order valence-corrected chi connectivity index (χ2v) is 11.2. The molecule has 38 heavy (non-hydrogen) atoms. The summed E-state index contributed by atoms with van der Waals surface area (Å²) in [5.41, 5.74) is 0.335. The van der Waals surface area contributed by atoms with Crippen molar-refractivity contribution in [3.63, 3.8) is 0 Å². The van der Waals surface area contributed by atoms with Crippen molar-refractivity contribution in [3.05, 3.63) is 86.3 Å². The van der Waals surface area contributed by atoms with Gasteiger partial charge in [-0.25, -0.2) is 4.39 Å². The number of nitrogens with zero attached hydrogens (tertiary/aromatic N) is 1. The molecule has 11 heteroatoms. The van der Waals surface area contributed by atoms with Crippen LogP contribution in [-0.4, -0.2) is 17.4 Å². The maximum Gasteiger partial charge on any atom is 0.416 e. The summed E-state index contributed by atoms with van der Waals surface area (Å²) in [6.45, 7) is 3.90. The average molecular weight is 564 g/mol. The summed E-state index contributed by atoms with van der Waals surface area (Å²) in [5, 5.41) is 15.9. The van der Waals surface area contributed by atoms with Crippen LogP contribution in [0.3, 0.4) is 0 Å². The highest BCUT2D eigenvalue weighted by Crippen LogP contribution is 2.48. The molecule has 2 aliphatic rings. The highest BCUT2D eigenvalue weighted by Gasteiger charge is 2.42. The number of hydrogen-bond acceptors (Lipinski definition) is 5. The van der Waals surface area contributed by atoms with Crippen molar-refractivity contribution >= 4 is 40.7 Å². The molecule has 2 N–H and O–H groups in total. The predicted octanol–water partition coefficient (Wildman–Crippen LogP) is 6.93. The number of hydrogen-bond donors (Lipinski definition) is 2. The summed E-state index contributed by atoms with van der Waals surface area (Å²) in [6, 6.07) is 10.3. The number of nitrogens with one attached hydrogen (secondary N) is 2. The Morgan fingerprint density at radius 2 is 1.89 bits per heavy atom. The quantitative estimate of drug-likeness (QED) is 0.385. The van der Waals surface area contributed by atoms with Crippen molar-refractivity contribution < 1.29 is 27.2 Å². The van der Waals surface area contributed by atoms with E-state index in [1.165, 1.54) is 24.3 Å². The number of carbonyl (C=O) groups excluding carboxylic acids is 2. The van der Waals surface area contributed by atoms with Crippen LogP contribution in [0.2, 0.25) is 5.02 Å². The van der Waals surface area contributed by atoms with Crippen LogP contribution in [0.25, 0.3) is 0 Å². The first-order chi connectivity index (χ1) is 17.8. The smallest absolute Gasteiger partial charge is 0.352 e. The first-order valence-corrected chi connectivity index (χ1v) is 12.9. The molecule has 0 fully saturated rings. The minimum Gasteiger partial charge on any atom is -0.352 e. The molecular weight excluding hydrogens is 542 g/mol. The van der Waals surface area contributed by atoms with Crippen LogP contribution >= 0.6 is 23.4 Å². The van der Waals surface area contributed by atoms with Gasteiger partial charge >= 0.3 is 6.18 Å². The van der Waals surface area contributed by atoms with Crippen molar-refractivity contribution in [2.45, 2.75) is 38.8 Å². The average Bonchev–Trinajstić information content (AvgIpc) is 2.82. The number of rotatable bonds is 5. The number of allylic oxidation sites excluding steroid dienone is 3. The lowest BCUT2D eigenvalue weighted by Gasteiger charge is -2.39. The highest BCUT2D eigenvalue weighted by atomic mass is 35.5. The van der Waals surface area contributed by atoms with Crippen LogP contribution in [0.4, 0.5) is 23.2 Å². The number of dihydropyridines is 1. The van der Waals surface area contributed by atoms with E-state index in [4.69, 9.17) is 11.6 Å². The lowest BCUT2D eigenvalue weighted by atomic mass is 9.69. The number of halogens is 5. The molecular formula is C27H22ClF4N3O2S. The Labute approximate surface area is 225 Å². The number of nitriles is 1. The fourth-order valence-electron chi connectivity index (χ4n) is 4.60. The minimum atomic E-state index is -4.61. The van der Waals surface area contributed by atoms with E-state index in [2.05, 4.69) is 16.7 Å². The molecule has 2 aromatic rings. The lowest BCUT2D eigenvalue weighted by Crippen LogP contribution is -2.37. The zero-order valence-corrected chi connectivity index (χ0v) is 21.9. The Kier molecular flexibility index (Phi) is 7.64. The molecule has 0 saturated carbocycles. The molecule has 0 radical (unpaired) electrons. The normalized spacial score (nSPS) is 19.0. The fraction of sp³-hybridized carbons (Fsp3) is 0.296. The Morgan fingerprint density at radius 1 is 1.21 bits per heavy atom. The number of ketones is 1. The molecule has 0 aromatic heterocycles. The van der Waals surface area contributed by atoms with E-state index < -0.39 is 29.4 Å². The lowest BCUT2D eigenvalue weighted by molar-refractivity contribution is -0.137. The second-order valence-electron chi connectivity index (χ2n) is 9.83. The van der Waals surface area contributed by atoms with Gasteiger partial charge in [0, 0.05) is 17.7 Å². The summed E-state index contributed by atoms with van der Waals surface area (Å²) in [4.78, 5) is 25.9. The predicted molar refractivity (Wildman–Crippen MR) is 138 cm³/mol. The summed E-state index contributed by atoms with van der Waals surface area (Å²) >= 11 is 6.96. The molecule has 5 nitrogen and oxygen atoms in total. The number of anilines is 1. The molecule has 1 atom stereocenters. The van der Waals surface area contributed by atoms with Gasteiger partial charge in [0.15, 0.2) is 5.78 Å². The number of thioether (sulfide) groups is 1. The number of amides is 1. The monoisotopic (exact) mass is 563 g/mol. The third kappa shape index (κ3) is 5.89. The van der Waals surface area contributed by atoms with E-state index in [-0.39, 0.29) is 39.7 Å². The Balaban J connectivity index is 1.63. The van der Waals surface area contributed by atoms with Gasteiger partial charge in [-0.15, -0.1) is 0 Å². The first kappa shape index (κ1) is 27.7. The van der Waals surface area contributed by atoms with Gasteiger partial charge in [-0.1, -0.05) is 49.3 Å². The Morgan fingerprint density at radius 3 is 2.53 bits per heavy atom. The third-order valence-electron chi connectivity index (χ3n) is 6.25. The summed E-state index contributed by atoms with van der Waals surface area (Å²) in [5.74, 6) is -2.22. The van der Waals surface area contributed by atoms with Crippen molar-refractivity contribution in [1.29, 1.82) is 5.26 Å². The maximum atomic E-state index is 13.6. The molecule has 1 aliphatic carbocycles. The van der Waals surface area contributed by atoms with Crippen LogP contribution in [0, 0.1) is 22.6 Å². The molecule has 0 unspecified atom stereocenters. The highest BCUT2D eigenvalue weighted by molar-refractivity contribution is 8.03. The van der Waals surface area contributed by atoms with Crippen LogP contribution in [0.1, 0.15) is 43.7 Å². The molecule has 0 saturated heterocycles. The van der Waals surface area contributed by atoms with Crippen molar-refractivity contribution in [2.24, 2.45) is 5.41 Å². The van der Waals surface area contributed by atoms with Crippen molar-refractivity contribution in [3.8, 4) is 6.07 Å². The minimum absolute atomic E-state index is 0.0572. The number of Topliss-reactive ketones (excluding diaryl/α,β-unsaturated/α-hetero) is 1. The molecule has 4 rings (SSSR count). The van der Waals surface area contributed by atoms with Crippen LogP contribution < -0.4 is 10.6 Å². The summed E-state index contributed by atoms with van der Waals surface area (Å²) < 4.78 is 52.9. The zero-order valence-electron chi connectivity index (χ0n) is 20.3. The Bertz CT molecular complexity index is 1410. The number of carbonyl (C=O) groups is 2. The Hall–Kier alpha value is -3.29. The zero-order chi connectivity index (χ0) is 27.8. The van der Waals surface area contributed by atoms with E-state index in [1.54, 1.807) is 0 Å². The van der Waals surface area contributed by atoms with Gasteiger partial charge in [0.05, 0.1) is 44.6 Å². The van der Waals surface area contributed by atoms with Gasteiger partial charge in [0.1, 0.15) is 5.82 Å². The second kappa shape index (κ2) is 10.5. The molecule has 0 spiro atoms. The molecule has 1 aliphatic heterocycles. The van der Waals surface area contributed by atoms with Crippen LogP contribution in [0.5, 0.6) is 0 Å². The van der Waals surface area contributed by atoms with Gasteiger partial charge in [-0.2, -0.15) is 18.4 Å². The van der Waals surface area contributed by atoms with Crippen LogP contribution in [0.15, 0.2) is 64.3 Å². The molecule has 1 heterocycles. The topological polar surface area (TPSA) is 82.0 Å². The van der Waals surface area contributed by atoms with Gasteiger partial charge in [0.2, 0.25) is 5.91 Å². The van der Waals surface area contributed by atoms with Gasteiger partial charge in [-0.05, 0) is 47.7 Å². The van der Waals surface area contributed by atoms with E-state index >= 15 is 0 Å². The molecule has 1 amide bonds. The van der Waals surface area contributed by atoms with Gasteiger partial charge < -0.3 is 10.6 Å². The summed E-state index contributed by atoms with van der Waals surface area (Å²) in [7, 11) is 0. The van der Waals surface area contributed by atoms with Gasteiger partial charge in [-0.3, -0.25) is 9.59 Å². The molecule has 0 bridgehead atoms. The van der Waals surface area contributed by atoms with Crippen molar-refractivity contribution in [1.82, 2.24) is 5.32 Å². The van der Waals surface area contributed by atoms with Crippen molar-refractivity contribution in [2.75, 3.05) is 11.1 Å². The first-order valence-electron chi connectivity index (χ1n) is 11.5. The fourth-order valence-corrected chi connectivity index (χ4v) is 5.63. The largest absolute Gasteiger partial charge is 0.416 e. The number of alkyl halides is 3. The van der Waals surface area contributed by atoms with E-state index in [0.717, 1.165) is 30.0 Å². The standard InChI is InChI=1S/C27H22ClF4N3O2S/c1-26(2)10-20-24(21(36)11-26)23(14-3-6-16(29)7-4-14)17(12-33)25(35-20)38-13-22(37)34-19-9-15(27(30,31)32)5-8-18(19)28/h3-9,23,35H,10-11,13H2,1-2H3,(H,34,37)/t23-/m1/s1.